The minimum atomic E-state index is -4.19. The van der Waals surface area contributed by atoms with E-state index in [4.69, 9.17) is 10.2 Å². The molecule has 2 amide bonds. The van der Waals surface area contributed by atoms with Gasteiger partial charge in [-0.15, -0.1) is 0 Å². The topological polar surface area (TPSA) is 72.8 Å². The standard InChI is InChI=1S/C14H19F3N2O3/c15-14(16,17)6-5-11-1-3-12(4-2-11)18-13(22)19(7-9-20)8-10-21/h1-4,20-21H,5-10H2,(H,18,22). The lowest BCUT2D eigenvalue weighted by atomic mass is 10.1. The van der Waals surface area contributed by atoms with Crippen molar-refractivity contribution in [2.45, 2.75) is 19.0 Å². The van der Waals surface area contributed by atoms with E-state index in [1.165, 1.54) is 29.2 Å². The smallest absolute Gasteiger partial charge is 0.389 e. The highest BCUT2D eigenvalue weighted by Crippen LogP contribution is 2.22. The number of nitrogens with one attached hydrogen (secondary N) is 1. The minimum Gasteiger partial charge on any atom is -0.395 e. The van der Waals surface area contributed by atoms with Crippen LogP contribution in [0.1, 0.15) is 12.0 Å². The van der Waals surface area contributed by atoms with Crippen LogP contribution in [0, 0.1) is 0 Å². The van der Waals surface area contributed by atoms with Crippen LogP contribution in [0.5, 0.6) is 0 Å². The molecule has 124 valence electrons. The Labute approximate surface area is 126 Å². The zero-order valence-corrected chi connectivity index (χ0v) is 11.9. The van der Waals surface area contributed by atoms with Gasteiger partial charge in [0.25, 0.3) is 0 Å². The van der Waals surface area contributed by atoms with Gasteiger partial charge in [0.1, 0.15) is 0 Å². The first-order valence-corrected chi connectivity index (χ1v) is 6.79. The van der Waals surface area contributed by atoms with Gasteiger partial charge in [0.05, 0.1) is 13.2 Å². The van der Waals surface area contributed by atoms with E-state index >= 15 is 0 Å². The second-order valence-corrected chi connectivity index (χ2v) is 4.68. The van der Waals surface area contributed by atoms with Crippen LogP contribution in [0.2, 0.25) is 0 Å². The van der Waals surface area contributed by atoms with Gasteiger partial charge in [-0.05, 0) is 24.1 Å². The molecule has 1 rings (SSSR count). The summed E-state index contributed by atoms with van der Waals surface area (Å²) in [4.78, 5) is 13.1. The molecule has 1 aromatic rings. The summed E-state index contributed by atoms with van der Waals surface area (Å²) < 4.78 is 36.4. The maximum Gasteiger partial charge on any atom is 0.389 e. The Morgan fingerprint density at radius 1 is 1.09 bits per heavy atom. The van der Waals surface area contributed by atoms with Crippen molar-refractivity contribution in [3.05, 3.63) is 29.8 Å². The Bertz CT molecular complexity index is 457. The first-order chi connectivity index (χ1) is 10.4. The summed E-state index contributed by atoms with van der Waals surface area (Å²) in [7, 11) is 0. The number of hydrogen-bond donors (Lipinski definition) is 3. The Morgan fingerprint density at radius 3 is 2.09 bits per heavy atom. The van der Waals surface area contributed by atoms with E-state index in [2.05, 4.69) is 5.32 Å². The highest BCUT2D eigenvalue weighted by Gasteiger charge is 2.26. The van der Waals surface area contributed by atoms with Crippen LogP contribution in [0.4, 0.5) is 23.7 Å². The van der Waals surface area contributed by atoms with E-state index in [0.29, 0.717) is 11.3 Å². The molecular weight excluding hydrogens is 301 g/mol. The zero-order chi connectivity index (χ0) is 16.6. The van der Waals surface area contributed by atoms with E-state index < -0.39 is 18.6 Å². The molecule has 0 atom stereocenters. The highest BCUT2D eigenvalue weighted by atomic mass is 19.4. The van der Waals surface area contributed by atoms with Crippen LogP contribution in [0.25, 0.3) is 0 Å². The molecule has 8 heteroatoms. The number of hydrogen-bond acceptors (Lipinski definition) is 3. The summed E-state index contributed by atoms with van der Waals surface area (Å²) in [5, 5.41) is 20.2. The number of carbonyl (C=O) groups is 1. The SMILES string of the molecule is O=C(Nc1ccc(CCC(F)(F)F)cc1)N(CCO)CCO. The van der Waals surface area contributed by atoms with Gasteiger partial charge in [-0.2, -0.15) is 13.2 Å². The predicted octanol–water partition coefficient (Wildman–Crippen LogP) is 2.00. The van der Waals surface area contributed by atoms with Crippen molar-refractivity contribution < 1.29 is 28.2 Å². The number of rotatable bonds is 7. The highest BCUT2D eigenvalue weighted by molar-refractivity contribution is 5.89. The molecule has 0 spiro atoms. The molecule has 0 unspecified atom stereocenters. The van der Waals surface area contributed by atoms with Crippen LogP contribution in [0.15, 0.2) is 24.3 Å². The zero-order valence-electron chi connectivity index (χ0n) is 11.9. The fraction of sp³-hybridized carbons (Fsp3) is 0.500. The number of aliphatic hydroxyl groups excluding tert-OH is 2. The lowest BCUT2D eigenvalue weighted by molar-refractivity contribution is -0.133. The summed E-state index contributed by atoms with van der Waals surface area (Å²) in [5.74, 6) is 0. The first-order valence-electron chi connectivity index (χ1n) is 6.79. The van der Waals surface area contributed by atoms with Crippen molar-refractivity contribution in [3.8, 4) is 0 Å². The number of aliphatic hydroxyl groups is 2. The summed E-state index contributed by atoms with van der Waals surface area (Å²) in [5.41, 5.74) is 0.958. The number of urea groups is 1. The monoisotopic (exact) mass is 320 g/mol. The normalized spacial score (nSPS) is 11.3. The molecule has 0 saturated carbocycles. The van der Waals surface area contributed by atoms with Crippen LogP contribution in [-0.2, 0) is 6.42 Å². The number of nitrogens with zero attached hydrogens (tertiary/aromatic N) is 1. The molecule has 22 heavy (non-hydrogen) atoms. The molecule has 0 radical (unpaired) electrons. The third kappa shape index (κ3) is 6.77. The number of aryl methyl sites for hydroxylation is 1. The Balaban J connectivity index is 2.57. The van der Waals surface area contributed by atoms with Crippen molar-refractivity contribution in [1.82, 2.24) is 4.90 Å². The van der Waals surface area contributed by atoms with Gasteiger partial charge in [0, 0.05) is 25.2 Å². The Kier molecular flexibility index (Phi) is 7.13. The number of carbonyl (C=O) groups excluding carboxylic acids is 1. The van der Waals surface area contributed by atoms with Gasteiger partial charge in [0.2, 0.25) is 0 Å². The van der Waals surface area contributed by atoms with Gasteiger partial charge in [-0.3, -0.25) is 0 Å². The molecule has 0 heterocycles. The van der Waals surface area contributed by atoms with Gasteiger partial charge in [0.15, 0.2) is 0 Å². The minimum absolute atomic E-state index is 0.0794. The van der Waals surface area contributed by atoms with E-state index in [1.54, 1.807) is 0 Å². The molecule has 0 aromatic heterocycles. The third-order valence-corrected chi connectivity index (χ3v) is 2.93. The molecule has 3 N–H and O–H groups in total. The summed E-state index contributed by atoms with van der Waals surface area (Å²) in [6.07, 6.45) is -5.19. The van der Waals surface area contributed by atoms with E-state index in [9.17, 15) is 18.0 Å². The molecule has 0 aliphatic rings. The Hall–Kier alpha value is -1.80. The average molecular weight is 320 g/mol. The van der Waals surface area contributed by atoms with Crippen molar-refractivity contribution in [2.75, 3.05) is 31.6 Å². The fourth-order valence-electron chi connectivity index (χ4n) is 1.80. The van der Waals surface area contributed by atoms with Crippen molar-refractivity contribution in [3.63, 3.8) is 0 Å². The molecule has 0 aliphatic carbocycles. The molecular formula is C14H19F3N2O3. The second kappa shape index (κ2) is 8.60. The molecule has 1 aromatic carbocycles. The van der Waals surface area contributed by atoms with Crippen molar-refractivity contribution in [2.24, 2.45) is 0 Å². The fourth-order valence-corrected chi connectivity index (χ4v) is 1.80. The van der Waals surface area contributed by atoms with Crippen LogP contribution in [-0.4, -0.2) is 53.6 Å². The van der Waals surface area contributed by atoms with Crippen LogP contribution < -0.4 is 5.32 Å². The maximum atomic E-state index is 12.1. The van der Waals surface area contributed by atoms with Gasteiger partial charge in [-0.1, -0.05) is 12.1 Å². The first kappa shape index (κ1) is 18.2. The second-order valence-electron chi connectivity index (χ2n) is 4.68. The largest absolute Gasteiger partial charge is 0.395 e. The van der Waals surface area contributed by atoms with Gasteiger partial charge in [-0.25, -0.2) is 4.79 Å². The van der Waals surface area contributed by atoms with Gasteiger partial charge < -0.3 is 20.4 Å². The van der Waals surface area contributed by atoms with E-state index in [0.717, 1.165) is 0 Å². The maximum absolute atomic E-state index is 12.1. The lowest BCUT2D eigenvalue weighted by Crippen LogP contribution is -2.38. The molecule has 0 fully saturated rings. The summed E-state index contributed by atoms with van der Waals surface area (Å²) in [6.45, 7) is -0.306. The molecule has 5 nitrogen and oxygen atoms in total. The van der Waals surface area contributed by atoms with Gasteiger partial charge >= 0.3 is 12.2 Å². The number of benzene rings is 1. The molecule has 0 aliphatic heterocycles. The van der Waals surface area contributed by atoms with Crippen molar-refractivity contribution >= 4 is 11.7 Å². The predicted molar refractivity (Wildman–Crippen MR) is 75.6 cm³/mol. The lowest BCUT2D eigenvalue weighted by Gasteiger charge is -2.21. The molecule has 0 bridgehead atoms. The van der Waals surface area contributed by atoms with E-state index in [1.807, 2.05) is 0 Å². The van der Waals surface area contributed by atoms with E-state index in [-0.39, 0.29) is 32.7 Å². The summed E-state index contributed by atoms with van der Waals surface area (Å²) >= 11 is 0. The van der Waals surface area contributed by atoms with Crippen molar-refractivity contribution in [1.29, 1.82) is 0 Å². The number of alkyl halides is 3. The number of anilines is 1. The van der Waals surface area contributed by atoms with Crippen LogP contribution in [0.3, 0.4) is 0 Å². The third-order valence-electron chi connectivity index (χ3n) is 2.93. The molecule has 0 saturated heterocycles. The number of amides is 2. The summed E-state index contributed by atoms with van der Waals surface area (Å²) in [6, 6.07) is 5.57. The number of halogens is 3. The average Bonchev–Trinajstić information content (AvgIpc) is 2.45. The van der Waals surface area contributed by atoms with Crippen LogP contribution >= 0.6 is 0 Å². The quantitative estimate of drug-likeness (QED) is 0.719. The Morgan fingerprint density at radius 2 is 1.64 bits per heavy atom.